The summed E-state index contributed by atoms with van der Waals surface area (Å²) >= 11 is 0. The van der Waals surface area contributed by atoms with Gasteiger partial charge in [-0.05, 0) is 0 Å². The van der Waals surface area contributed by atoms with Gasteiger partial charge in [0.2, 0.25) is 0 Å². The molecule has 0 atom stereocenters. The molecule has 0 spiro atoms. The van der Waals surface area contributed by atoms with Crippen LogP contribution in [0.25, 0.3) is 0 Å². The summed E-state index contributed by atoms with van der Waals surface area (Å²) in [5.41, 5.74) is -6.53. The molecule has 2 bridgehead atoms. The van der Waals surface area contributed by atoms with E-state index in [-0.39, 0.29) is 5.48 Å². The number of rotatable bonds is 6. The molecular weight excluding hydrogens is 808 g/mol. The first kappa shape index (κ1) is 51.1. The summed E-state index contributed by atoms with van der Waals surface area (Å²) in [6.45, 7) is 14.1. The summed E-state index contributed by atoms with van der Waals surface area (Å²) in [5.74, 6) is -2.92. The largest absolute Gasteiger partial charge is 0.863 e. The molecule has 29 heteroatoms. The Bertz CT molecular complexity index is 1460. The number of nitro benzene ring substituents is 6. The van der Waals surface area contributed by atoms with E-state index in [1.54, 1.807) is 0 Å². The minimum Gasteiger partial charge on any atom is -0.863 e. The first-order chi connectivity index (χ1) is 27.6. The van der Waals surface area contributed by atoms with Crippen LogP contribution in [-0.2, 0) is 28.4 Å². The van der Waals surface area contributed by atoms with E-state index in [1.165, 1.54) is 9.80 Å². The predicted molar refractivity (Wildman–Crippen MR) is 191 cm³/mol. The van der Waals surface area contributed by atoms with Crippen LogP contribution in [0, 0.1) is 60.7 Å². The summed E-state index contributed by atoms with van der Waals surface area (Å²) in [7, 11) is 0. The van der Waals surface area contributed by atoms with Crippen molar-refractivity contribution < 1.29 is 83.5 Å². The molecule has 3 aliphatic heterocycles. The topological polar surface area (TPSA) is 401 Å². The Kier molecular flexibility index (Phi) is 24.0. The molecule has 0 aliphatic carbocycles. The number of ether oxygens (including phenoxy) is 6. The van der Waals surface area contributed by atoms with E-state index < -0.39 is 75.2 Å². The maximum absolute atomic E-state index is 11.1. The molecule has 0 unspecified atom stereocenters. The van der Waals surface area contributed by atoms with E-state index in [1.807, 2.05) is 0 Å². The monoisotopic (exact) mass is 852 g/mol. The Morgan fingerprint density at radius 1 is 0.356 bits per heavy atom. The maximum atomic E-state index is 11.1. The normalized spacial score (nSPS) is 18.7. The molecule has 0 saturated carbocycles. The van der Waals surface area contributed by atoms with Crippen molar-refractivity contribution in [3.05, 3.63) is 85.0 Å². The minimum atomic E-state index is -1.46. The lowest BCUT2D eigenvalue weighted by molar-refractivity contribution is -0.902. The average molecular weight is 853 g/mol. The average Bonchev–Trinajstić information content (AvgIpc) is 3.16. The Hall–Kier alpha value is -5.92. The summed E-state index contributed by atoms with van der Waals surface area (Å²) in [4.78, 5) is 57.9. The van der Waals surface area contributed by atoms with Crippen molar-refractivity contribution in [3.63, 3.8) is 0 Å². The zero-order valence-corrected chi connectivity index (χ0v) is 31.4. The van der Waals surface area contributed by atoms with Gasteiger partial charge in [0.1, 0.15) is 39.3 Å². The van der Waals surface area contributed by atoms with E-state index in [0.717, 1.165) is 78.9 Å². The number of quaternary nitrogens is 2. The molecule has 3 heterocycles. The van der Waals surface area contributed by atoms with Crippen LogP contribution in [0.2, 0.25) is 0 Å². The molecular formula is C30H44N8O21. The van der Waals surface area contributed by atoms with Gasteiger partial charge in [-0.2, -0.15) is 0 Å². The van der Waals surface area contributed by atoms with Gasteiger partial charge in [0.25, 0.3) is 34.1 Å². The minimum absolute atomic E-state index is 0. The highest BCUT2D eigenvalue weighted by Crippen LogP contribution is 2.38. The van der Waals surface area contributed by atoms with Gasteiger partial charge >= 0.3 is 0 Å². The quantitative estimate of drug-likeness (QED) is 0.216. The van der Waals surface area contributed by atoms with Crippen LogP contribution in [-0.4, -0.2) is 154 Å². The van der Waals surface area contributed by atoms with Crippen LogP contribution in [0.4, 0.5) is 34.1 Å². The van der Waals surface area contributed by atoms with Crippen molar-refractivity contribution in [1.29, 1.82) is 0 Å². The molecule has 5 rings (SSSR count). The molecule has 3 fully saturated rings. The van der Waals surface area contributed by atoms with Crippen LogP contribution >= 0.6 is 0 Å². The fraction of sp³-hybridized carbons (Fsp3) is 0.600. The van der Waals surface area contributed by atoms with Gasteiger partial charge in [0.15, 0.2) is 0 Å². The molecule has 0 radical (unpaired) electrons. The second-order valence-corrected chi connectivity index (χ2v) is 11.8. The van der Waals surface area contributed by atoms with E-state index >= 15 is 0 Å². The van der Waals surface area contributed by atoms with E-state index in [4.69, 9.17) is 28.4 Å². The molecule has 0 amide bonds. The number of hydrogen-bond acceptors (Lipinski definition) is 20. The standard InChI is InChI=1S/C18H36N2O6.2C6H3N3O7.H2O/c1-7-21-13-14-24-10-4-20-5-11-25-17-15-22-8-2-19(1)3-9-23-16-18-26-12-6-20;2*10-6-4(8(13)14)1-3(7(11)12)2-5(6)9(15)16;/h1-18H2;2*1-2,10H;1H2. The zero-order chi connectivity index (χ0) is 43.0. The molecule has 3 saturated heterocycles. The Balaban J connectivity index is 0.000000461. The SMILES string of the molecule is C1COCC[NH+]2CCOCCOCC[NH+](CCO1)CCOCCOCC2.O.O=[N+]([O-])c1cc([N+](=O)[O-])c([O-])c([N+](=O)[O-])c1.O=[N+]([O-])c1cc([N+](=O)[O-])c([O-])c([N+](=O)[O-])c1. The van der Waals surface area contributed by atoms with Crippen molar-refractivity contribution in [2.75, 3.05) is 119 Å². The van der Waals surface area contributed by atoms with Gasteiger partial charge in [0.05, 0.1) is 145 Å². The summed E-state index contributed by atoms with van der Waals surface area (Å²) in [6.07, 6.45) is 0. The first-order valence-electron chi connectivity index (χ1n) is 17.3. The number of nitro groups is 6. The Morgan fingerprint density at radius 3 is 0.695 bits per heavy atom. The second-order valence-electron chi connectivity index (χ2n) is 11.8. The van der Waals surface area contributed by atoms with Crippen LogP contribution in [0.1, 0.15) is 0 Å². The van der Waals surface area contributed by atoms with Crippen LogP contribution in [0.15, 0.2) is 24.3 Å². The summed E-state index contributed by atoms with van der Waals surface area (Å²) in [6, 6.07) is 1.54. The van der Waals surface area contributed by atoms with Crippen molar-refractivity contribution in [2.45, 2.75) is 0 Å². The Labute approximate surface area is 332 Å². The maximum Gasteiger partial charge on any atom is 0.283 e. The van der Waals surface area contributed by atoms with Crippen LogP contribution in [0.3, 0.4) is 0 Å². The van der Waals surface area contributed by atoms with Crippen LogP contribution in [0.5, 0.6) is 11.5 Å². The van der Waals surface area contributed by atoms with Gasteiger partial charge in [-0.1, -0.05) is 0 Å². The Morgan fingerprint density at radius 2 is 0.542 bits per heavy atom. The molecule has 0 aromatic heterocycles. The lowest BCUT2D eigenvalue weighted by Gasteiger charge is -2.22. The highest BCUT2D eigenvalue weighted by molar-refractivity contribution is 5.64. The smallest absolute Gasteiger partial charge is 0.283 e. The van der Waals surface area contributed by atoms with E-state index in [9.17, 15) is 70.9 Å². The van der Waals surface area contributed by atoms with Crippen molar-refractivity contribution in [3.8, 4) is 11.5 Å². The van der Waals surface area contributed by atoms with Crippen molar-refractivity contribution >= 4 is 34.1 Å². The fourth-order valence-corrected chi connectivity index (χ4v) is 4.94. The highest BCUT2D eigenvalue weighted by Gasteiger charge is 2.26. The fourth-order valence-electron chi connectivity index (χ4n) is 4.94. The highest BCUT2D eigenvalue weighted by atomic mass is 16.7. The first-order valence-corrected chi connectivity index (χ1v) is 17.3. The molecule has 2 aromatic rings. The van der Waals surface area contributed by atoms with Crippen molar-refractivity contribution in [2.24, 2.45) is 0 Å². The number of nitrogens with one attached hydrogen (secondary N) is 2. The third kappa shape index (κ3) is 18.9. The van der Waals surface area contributed by atoms with E-state index in [2.05, 4.69) is 0 Å². The molecule has 330 valence electrons. The van der Waals surface area contributed by atoms with Crippen molar-refractivity contribution in [1.82, 2.24) is 0 Å². The molecule has 4 N–H and O–H groups in total. The lowest BCUT2D eigenvalue weighted by atomic mass is 10.2. The van der Waals surface area contributed by atoms with Gasteiger partial charge in [-0.3, -0.25) is 60.7 Å². The number of non-ortho nitro benzene ring substituents is 2. The predicted octanol–water partition coefficient (Wildman–Crippen LogP) is -2.97. The van der Waals surface area contributed by atoms with Gasteiger partial charge in [0, 0.05) is 0 Å². The van der Waals surface area contributed by atoms with Gasteiger partial charge in [-0.25, -0.2) is 0 Å². The number of hydrogen-bond donors (Lipinski definition) is 2. The molecule has 3 aliphatic rings. The molecule has 59 heavy (non-hydrogen) atoms. The van der Waals surface area contributed by atoms with Gasteiger partial charge in [-0.15, -0.1) is 0 Å². The number of benzene rings is 2. The lowest BCUT2D eigenvalue weighted by Crippen LogP contribution is -3.13. The second kappa shape index (κ2) is 27.7. The number of nitrogens with zero attached hydrogens (tertiary/aromatic N) is 6. The summed E-state index contributed by atoms with van der Waals surface area (Å²) < 4.78 is 34.4. The van der Waals surface area contributed by atoms with Gasteiger partial charge < -0.3 is 53.9 Å². The number of fused-ring (bicyclic) bond motifs is 21. The third-order valence-corrected chi connectivity index (χ3v) is 7.99. The third-order valence-electron chi connectivity index (χ3n) is 7.99. The molecule has 2 aromatic carbocycles. The van der Waals surface area contributed by atoms with Crippen LogP contribution < -0.4 is 20.0 Å². The van der Waals surface area contributed by atoms with E-state index in [0.29, 0.717) is 63.9 Å². The zero-order valence-electron chi connectivity index (χ0n) is 31.4. The summed E-state index contributed by atoms with van der Waals surface area (Å²) in [5, 5.41) is 84.2. The molecule has 29 nitrogen and oxygen atoms in total.